The van der Waals surface area contributed by atoms with E-state index < -0.39 is 10.0 Å². The van der Waals surface area contributed by atoms with Crippen LogP contribution in [-0.4, -0.2) is 19.3 Å². The minimum atomic E-state index is -3.52. The molecule has 0 spiro atoms. The molecule has 0 aliphatic rings. The van der Waals surface area contributed by atoms with Crippen LogP contribution < -0.4 is 0 Å². The van der Waals surface area contributed by atoms with Crippen LogP contribution in [0.15, 0.2) is 51.8 Å². The SMILES string of the molecule is CCN(Cc1cccc(C)c1)S(=O)(=O)c1ccc(C)cc1Br. The molecule has 2 rings (SSSR count). The molecule has 0 aromatic heterocycles. The first-order chi connectivity index (χ1) is 10.3. The highest BCUT2D eigenvalue weighted by atomic mass is 79.9. The summed E-state index contributed by atoms with van der Waals surface area (Å²) in [6.07, 6.45) is 0. The number of aryl methyl sites for hydroxylation is 2. The van der Waals surface area contributed by atoms with E-state index in [-0.39, 0.29) is 0 Å². The molecular formula is C17H20BrNO2S. The van der Waals surface area contributed by atoms with Crippen molar-refractivity contribution in [3.05, 3.63) is 63.6 Å². The van der Waals surface area contributed by atoms with Crippen molar-refractivity contribution in [3.8, 4) is 0 Å². The highest BCUT2D eigenvalue weighted by Crippen LogP contribution is 2.27. The van der Waals surface area contributed by atoms with E-state index in [1.54, 1.807) is 6.07 Å². The van der Waals surface area contributed by atoms with Crippen molar-refractivity contribution in [1.29, 1.82) is 0 Å². The fraction of sp³-hybridized carbons (Fsp3) is 0.294. The molecule has 0 radical (unpaired) electrons. The maximum Gasteiger partial charge on any atom is 0.244 e. The Balaban J connectivity index is 2.36. The van der Waals surface area contributed by atoms with Gasteiger partial charge in [0.15, 0.2) is 0 Å². The van der Waals surface area contributed by atoms with Gasteiger partial charge in [0.2, 0.25) is 10.0 Å². The summed E-state index contributed by atoms with van der Waals surface area (Å²) in [5.41, 5.74) is 3.14. The fourth-order valence-electron chi connectivity index (χ4n) is 2.34. The van der Waals surface area contributed by atoms with Crippen molar-refractivity contribution in [1.82, 2.24) is 4.31 Å². The molecular weight excluding hydrogens is 362 g/mol. The zero-order valence-corrected chi connectivity index (χ0v) is 15.4. The Morgan fingerprint density at radius 2 is 1.73 bits per heavy atom. The van der Waals surface area contributed by atoms with Gasteiger partial charge < -0.3 is 0 Å². The minimum Gasteiger partial charge on any atom is -0.207 e. The lowest BCUT2D eigenvalue weighted by Crippen LogP contribution is -2.30. The van der Waals surface area contributed by atoms with E-state index in [9.17, 15) is 8.42 Å². The van der Waals surface area contributed by atoms with Crippen LogP contribution in [0.5, 0.6) is 0 Å². The molecule has 5 heteroatoms. The van der Waals surface area contributed by atoms with Crippen molar-refractivity contribution in [2.24, 2.45) is 0 Å². The zero-order chi connectivity index (χ0) is 16.3. The molecule has 22 heavy (non-hydrogen) atoms. The quantitative estimate of drug-likeness (QED) is 0.774. The van der Waals surface area contributed by atoms with Gasteiger partial charge in [0.05, 0.1) is 4.90 Å². The summed E-state index contributed by atoms with van der Waals surface area (Å²) in [5.74, 6) is 0. The molecule has 0 fully saturated rings. The second-order valence-corrected chi connectivity index (χ2v) is 8.11. The van der Waals surface area contributed by atoms with E-state index >= 15 is 0 Å². The molecule has 0 saturated carbocycles. The first-order valence-electron chi connectivity index (χ1n) is 7.16. The summed E-state index contributed by atoms with van der Waals surface area (Å²) in [5, 5.41) is 0. The van der Waals surface area contributed by atoms with Crippen molar-refractivity contribution in [2.45, 2.75) is 32.2 Å². The van der Waals surface area contributed by atoms with Gasteiger partial charge >= 0.3 is 0 Å². The molecule has 0 aliphatic carbocycles. The summed E-state index contributed by atoms with van der Waals surface area (Å²) in [4.78, 5) is 0.313. The number of rotatable bonds is 5. The third-order valence-corrected chi connectivity index (χ3v) is 6.40. The molecule has 0 bridgehead atoms. The molecule has 3 nitrogen and oxygen atoms in total. The average molecular weight is 382 g/mol. The molecule has 0 N–H and O–H groups in total. The molecule has 0 unspecified atom stereocenters. The van der Waals surface area contributed by atoms with Crippen LogP contribution in [0.25, 0.3) is 0 Å². The van der Waals surface area contributed by atoms with Crippen LogP contribution >= 0.6 is 15.9 Å². The van der Waals surface area contributed by atoms with Crippen LogP contribution in [-0.2, 0) is 16.6 Å². The van der Waals surface area contributed by atoms with Gasteiger partial charge in [0.1, 0.15) is 0 Å². The summed E-state index contributed by atoms with van der Waals surface area (Å²) in [6, 6.07) is 13.2. The van der Waals surface area contributed by atoms with Crippen molar-refractivity contribution >= 4 is 26.0 Å². The molecule has 2 aromatic carbocycles. The Bertz CT molecular complexity index is 772. The number of hydrogen-bond acceptors (Lipinski definition) is 2. The molecule has 118 valence electrons. The van der Waals surface area contributed by atoms with Gasteiger partial charge in [-0.25, -0.2) is 8.42 Å². The maximum atomic E-state index is 12.9. The normalized spacial score (nSPS) is 11.9. The standard InChI is InChI=1S/C17H20BrNO2S/c1-4-19(12-15-7-5-6-13(2)10-15)22(20,21)17-9-8-14(3)11-16(17)18/h5-11H,4,12H2,1-3H3. The van der Waals surface area contributed by atoms with Gasteiger partial charge in [-0.05, 0) is 53.0 Å². The molecule has 0 heterocycles. The first kappa shape index (κ1) is 17.2. The first-order valence-corrected chi connectivity index (χ1v) is 9.39. The van der Waals surface area contributed by atoms with Gasteiger partial charge in [0.25, 0.3) is 0 Å². The van der Waals surface area contributed by atoms with Crippen molar-refractivity contribution in [2.75, 3.05) is 6.54 Å². The third kappa shape index (κ3) is 3.77. The Hall–Kier alpha value is -1.17. The minimum absolute atomic E-state index is 0.313. The van der Waals surface area contributed by atoms with E-state index in [2.05, 4.69) is 15.9 Å². The lowest BCUT2D eigenvalue weighted by molar-refractivity contribution is 0.423. The summed E-state index contributed by atoms with van der Waals surface area (Å²) < 4.78 is 27.9. The lowest BCUT2D eigenvalue weighted by atomic mass is 10.1. The predicted octanol–water partition coefficient (Wildman–Crippen LogP) is 4.28. The number of halogens is 1. The summed E-state index contributed by atoms with van der Waals surface area (Å²) in [7, 11) is -3.52. The monoisotopic (exact) mass is 381 g/mol. The molecule has 2 aromatic rings. The fourth-order valence-corrected chi connectivity index (χ4v) is 4.92. The Morgan fingerprint density at radius 1 is 1.05 bits per heavy atom. The van der Waals surface area contributed by atoms with Gasteiger partial charge in [-0.1, -0.05) is 42.8 Å². The van der Waals surface area contributed by atoms with E-state index in [0.29, 0.717) is 22.5 Å². The largest absolute Gasteiger partial charge is 0.244 e. The predicted molar refractivity (Wildman–Crippen MR) is 93.3 cm³/mol. The number of nitrogens with zero attached hydrogens (tertiary/aromatic N) is 1. The number of sulfonamides is 1. The van der Waals surface area contributed by atoms with Gasteiger partial charge in [-0.15, -0.1) is 0 Å². The zero-order valence-electron chi connectivity index (χ0n) is 13.0. The lowest BCUT2D eigenvalue weighted by Gasteiger charge is -2.21. The highest BCUT2D eigenvalue weighted by Gasteiger charge is 2.25. The van der Waals surface area contributed by atoms with E-state index in [1.165, 1.54) is 4.31 Å². The smallest absolute Gasteiger partial charge is 0.207 e. The topological polar surface area (TPSA) is 37.4 Å². The van der Waals surface area contributed by atoms with Crippen LogP contribution in [0.4, 0.5) is 0 Å². The maximum absolute atomic E-state index is 12.9. The van der Waals surface area contributed by atoms with Gasteiger partial charge in [-0.3, -0.25) is 0 Å². The highest BCUT2D eigenvalue weighted by molar-refractivity contribution is 9.10. The number of benzene rings is 2. The van der Waals surface area contributed by atoms with Gasteiger partial charge in [-0.2, -0.15) is 4.31 Å². The Labute approximate surface area is 141 Å². The summed E-state index contributed by atoms with van der Waals surface area (Å²) in [6.45, 7) is 6.60. The van der Waals surface area contributed by atoms with Gasteiger partial charge in [0, 0.05) is 17.6 Å². The second kappa shape index (κ2) is 6.94. The summed E-state index contributed by atoms with van der Waals surface area (Å²) >= 11 is 3.37. The third-order valence-electron chi connectivity index (χ3n) is 3.50. The molecule has 0 amide bonds. The average Bonchev–Trinajstić information content (AvgIpc) is 2.44. The molecule has 0 atom stereocenters. The van der Waals surface area contributed by atoms with E-state index in [4.69, 9.17) is 0 Å². The second-order valence-electron chi connectivity index (χ2n) is 5.35. The van der Waals surface area contributed by atoms with Crippen LogP contribution in [0.1, 0.15) is 23.6 Å². The van der Waals surface area contributed by atoms with Crippen LogP contribution in [0.2, 0.25) is 0 Å². The number of hydrogen-bond donors (Lipinski definition) is 0. The van der Waals surface area contributed by atoms with Crippen LogP contribution in [0, 0.1) is 13.8 Å². The molecule has 0 aliphatic heterocycles. The molecule has 0 saturated heterocycles. The Kier molecular flexibility index (Phi) is 5.42. The van der Waals surface area contributed by atoms with Crippen LogP contribution in [0.3, 0.4) is 0 Å². The van der Waals surface area contributed by atoms with Crippen molar-refractivity contribution < 1.29 is 8.42 Å². The van der Waals surface area contributed by atoms with Crippen molar-refractivity contribution in [3.63, 3.8) is 0 Å². The Morgan fingerprint density at radius 3 is 2.32 bits per heavy atom. The van der Waals surface area contributed by atoms with E-state index in [0.717, 1.165) is 16.7 Å². The van der Waals surface area contributed by atoms with E-state index in [1.807, 2.05) is 57.2 Å².